The first-order chi connectivity index (χ1) is 6.11. The summed E-state index contributed by atoms with van der Waals surface area (Å²) in [4.78, 5) is 10.7. The Morgan fingerprint density at radius 3 is 2.62 bits per heavy atom. The van der Waals surface area contributed by atoms with Gasteiger partial charge in [-0.1, -0.05) is 0 Å². The standard InChI is InChI=1S/C9H11NO3/c1-10-6(5-2-3-5)4-7(11)8(10)9(12)13/h4-5,11H,2-3H2,1H3,(H,12,13). The highest BCUT2D eigenvalue weighted by Crippen LogP contribution is 2.42. The van der Waals surface area contributed by atoms with Crippen LogP contribution in [0.3, 0.4) is 0 Å². The van der Waals surface area contributed by atoms with Gasteiger partial charge in [-0.2, -0.15) is 0 Å². The molecule has 0 bridgehead atoms. The topological polar surface area (TPSA) is 62.5 Å². The van der Waals surface area contributed by atoms with Crippen LogP contribution in [0.5, 0.6) is 5.75 Å². The van der Waals surface area contributed by atoms with Gasteiger partial charge in [-0.05, 0) is 18.8 Å². The fourth-order valence-electron chi connectivity index (χ4n) is 1.63. The van der Waals surface area contributed by atoms with Gasteiger partial charge in [-0.15, -0.1) is 0 Å². The Balaban J connectivity index is 2.50. The van der Waals surface area contributed by atoms with Crippen LogP contribution >= 0.6 is 0 Å². The Morgan fingerprint density at radius 1 is 1.62 bits per heavy atom. The van der Waals surface area contributed by atoms with Gasteiger partial charge in [0.25, 0.3) is 0 Å². The first-order valence-corrected chi connectivity index (χ1v) is 4.23. The fourth-order valence-corrected chi connectivity index (χ4v) is 1.63. The van der Waals surface area contributed by atoms with E-state index in [4.69, 9.17) is 5.11 Å². The number of aromatic nitrogens is 1. The molecule has 1 aromatic rings. The largest absolute Gasteiger partial charge is 0.505 e. The molecule has 0 atom stereocenters. The summed E-state index contributed by atoms with van der Waals surface area (Å²) in [6, 6.07) is 1.56. The van der Waals surface area contributed by atoms with Crippen molar-refractivity contribution in [2.75, 3.05) is 0 Å². The van der Waals surface area contributed by atoms with Crippen molar-refractivity contribution in [3.63, 3.8) is 0 Å². The van der Waals surface area contributed by atoms with Crippen LogP contribution in [0.1, 0.15) is 34.9 Å². The summed E-state index contributed by atoms with van der Waals surface area (Å²) in [5.74, 6) is -0.757. The minimum absolute atomic E-state index is 0.0121. The summed E-state index contributed by atoms with van der Waals surface area (Å²) in [6.45, 7) is 0. The maximum Gasteiger partial charge on any atom is 0.356 e. The molecule has 13 heavy (non-hydrogen) atoms. The molecule has 4 heteroatoms. The van der Waals surface area contributed by atoms with E-state index in [0.717, 1.165) is 18.5 Å². The molecule has 0 amide bonds. The van der Waals surface area contributed by atoms with E-state index in [1.54, 1.807) is 17.7 Å². The second-order valence-electron chi connectivity index (χ2n) is 3.44. The smallest absolute Gasteiger partial charge is 0.356 e. The number of nitrogens with zero attached hydrogens (tertiary/aromatic N) is 1. The van der Waals surface area contributed by atoms with Crippen molar-refractivity contribution in [3.8, 4) is 5.75 Å². The van der Waals surface area contributed by atoms with Crippen LogP contribution in [0.4, 0.5) is 0 Å². The van der Waals surface area contributed by atoms with Crippen LogP contribution in [-0.4, -0.2) is 20.7 Å². The molecule has 2 rings (SSSR count). The molecule has 4 nitrogen and oxygen atoms in total. The zero-order chi connectivity index (χ0) is 9.59. The van der Waals surface area contributed by atoms with Gasteiger partial charge in [-0.25, -0.2) is 4.79 Å². The quantitative estimate of drug-likeness (QED) is 0.723. The summed E-state index contributed by atoms with van der Waals surface area (Å²) in [5, 5.41) is 18.1. The summed E-state index contributed by atoms with van der Waals surface area (Å²) in [7, 11) is 1.68. The summed E-state index contributed by atoms with van der Waals surface area (Å²) < 4.78 is 1.56. The van der Waals surface area contributed by atoms with Crippen LogP contribution in [0.15, 0.2) is 6.07 Å². The lowest BCUT2D eigenvalue weighted by atomic mass is 10.3. The number of rotatable bonds is 2. The SMILES string of the molecule is Cn1c(C2CC2)cc(O)c1C(=O)O. The number of aromatic carboxylic acids is 1. The number of aromatic hydroxyl groups is 1. The van der Waals surface area contributed by atoms with Gasteiger partial charge in [0.2, 0.25) is 0 Å². The van der Waals surface area contributed by atoms with Gasteiger partial charge in [0.05, 0.1) is 0 Å². The van der Waals surface area contributed by atoms with Crippen molar-refractivity contribution in [2.24, 2.45) is 7.05 Å². The summed E-state index contributed by atoms with van der Waals surface area (Å²) >= 11 is 0. The van der Waals surface area contributed by atoms with E-state index in [1.807, 2.05) is 0 Å². The van der Waals surface area contributed by atoms with E-state index in [1.165, 1.54) is 0 Å². The Labute approximate surface area is 75.4 Å². The molecule has 0 unspecified atom stereocenters. The van der Waals surface area contributed by atoms with Crippen LogP contribution < -0.4 is 0 Å². The van der Waals surface area contributed by atoms with E-state index in [2.05, 4.69) is 0 Å². The molecule has 1 fully saturated rings. The van der Waals surface area contributed by atoms with Crippen LogP contribution in [0.25, 0.3) is 0 Å². The lowest BCUT2D eigenvalue weighted by Gasteiger charge is -2.01. The number of hydrogen-bond acceptors (Lipinski definition) is 2. The highest BCUT2D eigenvalue weighted by atomic mass is 16.4. The van der Waals surface area contributed by atoms with Crippen molar-refractivity contribution in [2.45, 2.75) is 18.8 Å². The van der Waals surface area contributed by atoms with E-state index in [9.17, 15) is 9.90 Å². The maximum absolute atomic E-state index is 10.7. The first-order valence-electron chi connectivity index (χ1n) is 4.23. The van der Waals surface area contributed by atoms with E-state index in [-0.39, 0.29) is 11.4 Å². The molecule has 0 aromatic carbocycles. The monoisotopic (exact) mass is 181 g/mol. The molecular weight excluding hydrogens is 170 g/mol. The Kier molecular flexibility index (Phi) is 1.58. The molecule has 1 heterocycles. The molecule has 0 aliphatic heterocycles. The molecule has 2 N–H and O–H groups in total. The Hall–Kier alpha value is -1.45. The maximum atomic E-state index is 10.7. The zero-order valence-corrected chi connectivity index (χ0v) is 7.32. The van der Waals surface area contributed by atoms with E-state index < -0.39 is 5.97 Å². The first kappa shape index (κ1) is 8.16. The number of carbonyl (C=O) groups is 1. The van der Waals surface area contributed by atoms with Gasteiger partial charge < -0.3 is 14.8 Å². The molecule has 0 saturated heterocycles. The van der Waals surface area contributed by atoms with Crippen molar-refractivity contribution < 1.29 is 15.0 Å². The average molecular weight is 181 g/mol. The second kappa shape index (κ2) is 2.52. The molecule has 1 aromatic heterocycles. The van der Waals surface area contributed by atoms with Crippen molar-refractivity contribution in [3.05, 3.63) is 17.5 Å². The van der Waals surface area contributed by atoms with Gasteiger partial charge in [0, 0.05) is 18.8 Å². The summed E-state index contributed by atoms with van der Waals surface area (Å²) in [5.41, 5.74) is 0.914. The predicted octanol–water partition coefficient (Wildman–Crippen LogP) is 1.31. The normalized spacial score (nSPS) is 16.1. The van der Waals surface area contributed by atoms with Gasteiger partial charge in [0.15, 0.2) is 5.69 Å². The number of carboxylic acids is 1. The lowest BCUT2D eigenvalue weighted by molar-refractivity contribution is 0.0683. The predicted molar refractivity (Wildman–Crippen MR) is 46.0 cm³/mol. The van der Waals surface area contributed by atoms with Crippen LogP contribution in [0, 0.1) is 0 Å². The molecule has 0 spiro atoms. The minimum atomic E-state index is -1.08. The van der Waals surface area contributed by atoms with Crippen molar-refractivity contribution >= 4 is 5.97 Å². The molecule has 1 aliphatic rings. The third-order valence-electron chi connectivity index (χ3n) is 2.45. The van der Waals surface area contributed by atoms with Crippen LogP contribution in [-0.2, 0) is 7.05 Å². The highest BCUT2D eigenvalue weighted by molar-refractivity contribution is 5.89. The van der Waals surface area contributed by atoms with Crippen molar-refractivity contribution in [1.29, 1.82) is 0 Å². The number of hydrogen-bond donors (Lipinski definition) is 2. The Bertz CT molecular complexity index is 363. The highest BCUT2D eigenvalue weighted by Gasteiger charge is 2.29. The molecule has 0 radical (unpaired) electrons. The summed E-state index contributed by atoms with van der Waals surface area (Å²) in [6.07, 6.45) is 2.19. The van der Waals surface area contributed by atoms with Gasteiger partial charge in [-0.3, -0.25) is 0 Å². The Morgan fingerprint density at radius 2 is 2.23 bits per heavy atom. The van der Waals surface area contributed by atoms with Gasteiger partial charge >= 0.3 is 5.97 Å². The third kappa shape index (κ3) is 1.18. The van der Waals surface area contributed by atoms with E-state index >= 15 is 0 Å². The minimum Gasteiger partial charge on any atom is -0.505 e. The number of carboxylic acid groups (broad SMARTS) is 1. The fraction of sp³-hybridized carbons (Fsp3) is 0.444. The zero-order valence-electron chi connectivity index (χ0n) is 7.32. The lowest BCUT2D eigenvalue weighted by Crippen LogP contribution is -2.06. The van der Waals surface area contributed by atoms with Gasteiger partial charge in [0.1, 0.15) is 5.75 Å². The van der Waals surface area contributed by atoms with E-state index in [0.29, 0.717) is 5.92 Å². The average Bonchev–Trinajstić information content (AvgIpc) is 2.78. The third-order valence-corrected chi connectivity index (χ3v) is 2.45. The molecular formula is C9H11NO3. The molecule has 1 saturated carbocycles. The second-order valence-corrected chi connectivity index (χ2v) is 3.44. The van der Waals surface area contributed by atoms with Crippen LogP contribution in [0.2, 0.25) is 0 Å². The molecule has 70 valence electrons. The molecule has 1 aliphatic carbocycles. The van der Waals surface area contributed by atoms with Crippen molar-refractivity contribution in [1.82, 2.24) is 4.57 Å².